The number of carbonyl (C=O) groups is 1. The molecule has 2 atom stereocenters. The van der Waals surface area contributed by atoms with E-state index in [9.17, 15) is 14.3 Å². The Morgan fingerprint density at radius 1 is 1.33 bits per heavy atom. The van der Waals surface area contributed by atoms with Gasteiger partial charge in [0.25, 0.3) is 5.91 Å². The van der Waals surface area contributed by atoms with Crippen molar-refractivity contribution in [3.8, 4) is 0 Å². The summed E-state index contributed by atoms with van der Waals surface area (Å²) in [5.74, 6) is -0.404. The fourth-order valence-electron chi connectivity index (χ4n) is 4.72. The number of ether oxygens (including phenoxy) is 1. The third-order valence-electron chi connectivity index (χ3n) is 6.53. The van der Waals surface area contributed by atoms with Crippen molar-refractivity contribution in [2.24, 2.45) is 5.41 Å². The van der Waals surface area contributed by atoms with Crippen LogP contribution in [0.25, 0.3) is 0 Å². The van der Waals surface area contributed by atoms with Crippen LogP contribution in [-0.4, -0.2) is 72.4 Å². The number of aliphatic hydroxyl groups excluding tert-OH is 1. The predicted octanol–water partition coefficient (Wildman–Crippen LogP) is 2.21. The number of likely N-dealkylation sites (tertiary alicyclic amines) is 2. The van der Waals surface area contributed by atoms with Crippen molar-refractivity contribution < 1.29 is 19.0 Å². The quantitative estimate of drug-likeness (QED) is 0.879. The van der Waals surface area contributed by atoms with Gasteiger partial charge in [0.2, 0.25) is 0 Å². The van der Waals surface area contributed by atoms with E-state index in [0.717, 1.165) is 51.9 Å². The Bertz CT molecular complexity index is 703. The van der Waals surface area contributed by atoms with E-state index in [1.54, 1.807) is 19.1 Å². The van der Waals surface area contributed by atoms with Crippen LogP contribution in [0.1, 0.15) is 41.6 Å². The average molecular weight is 376 g/mol. The van der Waals surface area contributed by atoms with E-state index in [2.05, 4.69) is 4.90 Å². The number of hydrogen-bond acceptors (Lipinski definition) is 4. The highest BCUT2D eigenvalue weighted by Crippen LogP contribution is 2.42. The number of nitrogens with zero attached hydrogens (tertiary/aromatic N) is 2. The zero-order valence-corrected chi connectivity index (χ0v) is 16.0. The van der Waals surface area contributed by atoms with Crippen LogP contribution in [0.3, 0.4) is 0 Å². The number of hydrogen-bond donors (Lipinski definition) is 1. The molecule has 0 bridgehead atoms. The lowest BCUT2D eigenvalue weighted by Crippen LogP contribution is -2.43. The fraction of sp³-hybridized carbons (Fsp3) is 0.667. The third kappa shape index (κ3) is 4.03. The standard InChI is InChI=1S/C21H29FN2O3/c1-15-2-3-16(10-19(15)22)20(26)24-8-5-21(6-9-24)11-18(27-14-21)13-23-7-4-17(25)12-23/h2-3,10,17-18,25H,4-9,11-14H2,1H3/t17-,18-/m1/s1. The van der Waals surface area contributed by atoms with Crippen LogP contribution < -0.4 is 0 Å². The normalized spacial score (nSPS) is 28.2. The molecule has 6 heteroatoms. The zero-order chi connectivity index (χ0) is 19.0. The molecule has 1 amide bonds. The summed E-state index contributed by atoms with van der Waals surface area (Å²) in [4.78, 5) is 16.8. The van der Waals surface area contributed by atoms with Gasteiger partial charge in [-0.25, -0.2) is 4.39 Å². The largest absolute Gasteiger partial charge is 0.392 e. The maximum absolute atomic E-state index is 13.8. The SMILES string of the molecule is Cc1ccc(C(=O)N2CCC3(CC2)CO[C@@H](CN2CC[C@@H](O)C2)C3)cc1F. The van der Waals surface area contributed by atoms with Crippen LogP contribution >= 0.6 is 0 Å². The van der Waals surface area contributed by atoms with E-state index < -0.39 is 0 Å². The number of carbonyl (C=O) groups excluding carboxylic acids is 1. The van der Waals surface area contributed by atoms with Crippen LogP contribution in [0.15, 0.2) is 18.2 Å². The Balaban J connectivity index is 1.31. The molecule has 3 fully saturated rings. The zero-order valence-electron chi connectivity index (χ0n) is 16.0. The maximum Gasteiger partial charge on any atom is 0.253 e. The van der Waals surface area contributed by atoms with Crippen molar-refractivity contribution >= 4 is 5.91 Å². The first-order chi connectivity index (χ1) is 12.9. The van der Waals surface area contributed by atoms with Gasteiger partial charge in [0.05, 0.1) is 18.8 Å². The van der Waals surface area contributed by atoms with E-state index in [0.29, 0.717) is 24.2 Å². The summed E-state index contributed by atoms with van der Waals surface area (Å²) >= 11 is 0. The summed E-state index contributed by atoms with van der Waals surface area (Å²) in [5, 5.41) is 9.68. The highest BCUT2D eigenvalue weighted by Gasteiger charge is 2.43. The van der Waals surface area contributed by atoms with Crippen molar-refractivity contribution in [1.82, 2.24) is 9.80 Å². The van der Waals surface area contributed by atoms with Crippen molar-refractivity contribution in [1.29, 1.82) is 0 Å². The van der Waals surface area contributed by atoms with Crippen LogP contribution in [-0.2, 0) is 4.74 Å². The lowest BCUT2D eigenvalue weighted by Gasteiger charge is -2.38. The van der Waals surface area contributed by atoms with Crippen molar-refractivity contribution in [2.45, 2.75) is 44.8 Å². The van der Waals surface area contributed by atoms with Gasteiger partial charge in [0.15, 0.2) is 0 Å². The van der Waals surface area contributed by atoms with Gasteiger partial charge in [0.1, 0.15) is 5.82 Å². The molecule has 1 spiro atoms. The lowest BCUT2D eigenvalue weighted by molar-refractivity contribution is 0.0451. The highest BCUT2D eigenvalue weighted by atomic mass is 19.1. The maximum atomic E-state index is 13.8. The first-order valence-corrected chi connectivity index (χ1v) is 10.0. The molecule has 1 N–H and O–H groups in total. The van der Waals surface area contributed by atoms with E-state index >= 15 is 0 Å². The minimum atomic E-state index is -0.326. The minimum Gasteiger partial charge on any atom is -0.392 e. The predicted molar refractivity (Wildman–Crippen MR) is 100 cm³/mol. The van der Waals surface area contributed by atoms with Gasteiger partial charge >= 0.3 is 0 Å². The van der Waals surface area contributed by atoms with Crippen LogP contribution in [0.5, 0.6) is 0 Å². The number of amides is 1. The molecule has 148 valence electrons. The van der Waals surface area contributed by atoms with Crippen molar-refractivity contribution in [3.05, 3.63) is 35.1 Å². The highest BCUT2D eigenvalue weighted by molar-refractivity contribution is 5.94. The number of β-amino-alcohol motifs (C(OH)–C–C–N with tert-alkyl or cyclic N) is 1. The molecule has 1 aromatic rings. The molecule has 5 nitrogen and oxygen atoms in total. The number of piperidine rings is 1. The summed E-state index contributed by atoms with van der Waals surface area (Å²) in [7, 11) is 0. The number of benzene rings is 1. The van der Waals surface area contributed by atoms with E-state index in [1.807, 2.05) is 4.90 Å². The summed E-state index contributed by atoms with van der Waals surface area (Å²) in [6.07, 6.45) is 3.79. The molecule has 0 saturated carbocycles. The van der Waals surface area contributed by atoms with Crippen molar-refractivity contribution in [2.75, 3.05) is 39.3 Å². The molecule has 0 radical (unpaired) electrons. The second kappa shape index (κ2) is 7.49. The number of rotatable bonds is 3. The van der Waals surface area contributed by atoms with Gasteiger partial charge in [-0.15, -0.1) is 0 Å². The Morgan fingerprint density at radius 3 is 2.78 bits per heavy atom. The third-order valence-corrected chi connectivity index (χ3v) is 6.53. The lowest BCUT2D eigenvalue weighted by atomic mass is 9.76. The molecule has 3 aliphatic heterocycles. The van der Waals surface area contributed by atoms with Crippen LogP contribution in [0, 0.1) is 18.2 Å². The summed E-state index contributed by atoms with van der Waals surface area (Å²) in [6, 6.07) is 4.73. The van der Waals surface area contributed by atoms with Crippen LogP contribution in [0.4, 0.5) is 4.39 Å². The Kier molecular flexibility index (Phi) is 5.23. The number of aliphatic hydroxyl groups is 1. The molecule has 3 heterocycles. The second-order valence-electron chi connectivity index (χ2n) is 8.60. The molecule has 0 aromatic heterocycles. The number of aryl methyl sites for hydroxylation is 1. The average Bonchev–Trinajstić information content (AvgIpc) is 3.24. The Morgan fingerprint density at radius 2 is 2.11 bits per heavy atom. The van der Waals surface area contributed by atoms with Gasteiger partial charge in [0, 0.05) is 38.3 Å². The van der Waals surface area contributed by atoms with Gasteiger partial charge in [-0.05, 0) is 55.7 Å². The molecule has 27 heavy (non-hydrogen) atoms. The van der Waals surface area contributed by atoms with Crippen LogP contribution in [0.2, 0.25) is 0 Å². The van der Waals surface area contributed by atoms with E-state index in [-0.39, 0.29) is 29.3 Å². The van der Waals surface area contributed by atoms with Gasteiger partial charge in [-0.1, -0.05) is 6.07 Å². The molecular formula is C21H29FN2O3. The van der Waals surface area contributed by atoms with Gasteiger partial charge in [-0.3, -0.25) is 9.69 Å². The minimum absolute atomic E-state index is 0.0785. The fourth-order valence-corrected chi connectivity index (χ4v) is 4.72. The summed E-state index contributed by atoms with van der Waals surface area (Å²) in [5.41, 5.74) is 1.16. The first kappa shape index (κ1) is 18.8. The Hall–Kier alpha value is -1.50. The molecule has 0 aliphatic carbocycles. The monoisotopic (exact) mass is 376 g/mol. The molecule has 1 aromatic carbocycles. The summed E-state index contributed by atoms with van der Waals surface area (Å²) < 4.78 is 19.9. The van der Waals surface area contributed by atoms with E-state index in [1.165, 1.54) is 6.07 Å². The molecule has 4 rings (SSSR count). The molecule has 3 saturated heterocycles. The first-order valence-electron chi connectivity index (χ1n) is 10.0. The van der Waals surface area contributed by atoms with E-state index in [4.69, 9.17) is 4.74 Å². The van der Waals surface area contributed by atoms with Gasteiger partial charge < -0.3 is 14.7 Å². The molecule has 3 aliphatic rings. The topological polar surface area (TPSA) is 53.0 Å². The summed E-state index contributed by atoms with van der Waals surface area (Å²) in [6.45, 7) is 6.46. The second-order valence-corrected chi connectivity index (χ2v) is 8.60. The van der Waals surface area contributed by atoms with Gasteiger partial charge in [-0.2, -0.15) is 0 Å². The smallest absolute Gasteiger partial charge is 0.253 e. The Labute approximate surface area is 160 Å². The number of halogens is 1. The van der Waals surface area contributed by atoms with Crippen molar-refractivity contribution in [3.63, 3.8) is 0 Å². The molecular weight excluding hydrogens is 347 g/mol. The molecule has 0 unspecified atom stereocenters.